The van der Waals surface area contributed by atoms with Crippen LogP contribution in [0.3, 0.4) is 0 Å². The quantitative estimate of drug-likeness (QED) is 0.879. The molecule has 1 aliphatic carbocycles. The highest BCUT2D eigenvalue weighted by molar-refractivity contribution is 7.13. The molecule has 0 unspecified atom stereocenters. The summed E-state index contributed by atoms with van der Waals surface area (Å²) in [6.07, 6.45) is 10.9. The van der Waals surface area contributed by atoms with Gasteiger partial charge in [0.2, 0.25) is 5.91 Å². The minimum atomic E-state index is 0.0951. The van der Waals surface area contributed by atoms with E-state index in [2.05, 4.69) is 10.3 Å². The molecule has 0 saturated heterocycles. The first-order valence-electron chi connectivity index (χ1n) is 7.67. The van der Waals surface area contributed by atoms with E-state index in [0.29, 0.717) is 12.6 Å². The van der Waals surface area contributed by atoms with Gasteiger partial charge in [-0.05, 0) is 24.3 Å². The molecule has 0 aliphatic heterocycles. The Hall–Kier alpha value is -1.62. The summed E-state index contributed by atoms with van der Waals surface area (Å²) in [7, 11) is 0. The molecule has 2 aromatic heterocycles. The summed E-state index contributed by atoms with van der Waals surface area (Å²) in [6, 6.07) is 4.39. The van der Waals surface area contributed by atoms with Crippen molar-refractivity contribution in [2.75, 3.05) is 0 Å². The molecule has 0 radical (unpaired) electrons. The maximum atomic E-state index is 12.3. The number of nitrogens with one attached hydrogen (secondary N) is 1. The van der Waals surface area contributed by atoms with E-state index in [9.17, 15) is 4.79 Å². The number of thiophene rings is 1. The SMILES string of the molecule is O=C(Cn1ccnc1-c1cccs1)NC1CCCCCC1. The van der Waals surface area contributed by atoms with Gasteiger partial charge in [-0.1, -0.05) is 31.7 Å². The molecule has 1 amide bonds. The Balaban J connectivity index is 1.61. The summed E-state index contributed by atoms with van der Waals surface area (Å²) >= 11 is 1.65. The van der Waals surface area contributed by atoms with Gasteiger partial charge in [0, 0.05) is 18.4 Å². The number of imidazole rings is 1. The van der Waals surface area contributed by atoms with Gasteiger partial charge in [-0.3, -0.25) is 4.79 Å². The van der Waals surface area contributed by atoms with E-state index in [1.54, 1.807) is 17.5 Å². The Morgan fingerprint density at radius 1 is 1.33 bits per heavy atom. The normalized spacial score (nSPS) is 16.6. The zero-order chi connectivity index (χ0) is 14.5. The molecule has 2 aromatic rings. The van der Waals surface area contributed by atoms with Crippen molar-refractivity contribution in [3.05, 3.63) is 29.9 Å². The molecule has 5 heteroatoms. The fourth-order valence-electron chi connectivity index (χ4n) is 2.92. The van der Waals surface area contributed by atoms with E-state index >= 15 is 0 Å². The van der Waals surface area contributed by atoms with Crippen molar-refractivity contribution in [3.63, 3.8) is 0 Å². The van der Waals surface area contributed by atoms with Gasteiger partial charge in [-0.15, -0.1) is 11.3 Å². The average molecular weight is 303 g/mol. The van der Waals surface area contributed by atoms with Crippen LogP contribution in [0.4, 0.5) is 0 Å². The van der Waals surface area contributed by atoms with Crippen LogP contribution in [0.5, 0.6) is 0 Å². The molecule has 0 aromatic carbocycles. The van der Waals surface area contributed by atoms with Crippen LogP contribution in [0.15, 0.2) is 29.9 Å². The van der Waals surface area contributed by atoms with Crippen LogP contribution in [0.25, 0.3) is 10.7 Å². The second-order valence-electron chi connectivity index (χ2n) is 5.61. The number of carbonyl (C=O) groups is 1. The minimum Gasteiger partial charge on any atom is -0.352 e. The van der Waals surface area contributed by atoms with Gasteiger partial charge in [0.1, 0.15) is 12.4 Å². The predicted molar refractivity (Wildman–Crippen MR) is 85.2 cm³/mol. The average Bonchev–Trinajstić information content (AvgIpc) is 3.07. The fourth-order valence-corrected chi connectivity index (χ4v) is 3.66. The van der Waals surface area contributed by atoms with E-state index in [1.807, 2.05) is 28.3 Å². The van der Waals surface area contributed by atoms with E-state index in [4.69, 9.17) is 0 Å². The molecular formula is C16H21N3OS. The first kappa shape index (κ1) is 14.3. The molecule has 112 valence electrons. The van der Waals surface area contributed by atoms with Crippen LogP contribution >= 0.6 is 11.3 Å². The van der Waals surface area contributed by atoms with Crippen molar-refractivity contribution in [1.82, 2.24) is 14.9 Å². The Bertz CT molecular complexity index is 568. The van der Waals surface area contributed by atoms with Gasteiger partial charge in [0.15, 0.2) is 0 Å². The molecule has 1 saturated carbocycles. The smallest absolute Gasteiger partial charge is 0.240 e. The Kier molecular flexibility index (Phi) is 4.70. The Morgan fingerprint density at radius 2 is 2.14 bits per heavy atom. The van der Waals surface area contributed by atoms with Gasteiger partial charge in [0.25, 0.3) is 0 Å². The van der Waals surface area contributed by atoms with E-state index < -0.39 is 0 Å². The van der Waals surface area contributed by atoms with Crippen molar-refractivity contribution in [3.8, 4) is 10.7 Å². The van der Waals surface area contributed by atoms with Gasteiger partial charge in [-0.2, -0.15) is 0 Å². The summed E-state index contributed by atoms with van der Waals surface area (Å²) in [5.41, 5.74) is 0. The van der Waals surface area contributed by atoms with Crippen LogP contribution in [0, 0.1) is 0 Å². The lowest BCUT2D eigenvalue weighted by Gasteiger charge is -2.16. The lowest BCUT2D eigenvalue weighted by atomic mass is 10.1. The highest BCUT2D eigenvalue weighted by Crippen LogP contribution is 2.23. The van der Waals surface area contributed by atoms with Crippen LogP contribution in [-0.4, -0.2) is 21.5 Å². The number of nitrogens with zero attached hydrogens (tertiary/aromatic N) is 2. The van der Waals surface area contributed by atoms with Crippen molar-refractivity contribution < 1.29 is 4.79 Å². The summed E-state index contributed by atoms with van der Waals surface area (Å²) in [5.74, 6) is 0.971. The highest BCUT2D eigenvalue weighted by Gasteiger charge is 2.16. The molecule has 4 nitrogen and oxygen atoms in total. The highest BCUT2D eigenvalue weighted by atomic mass is 32.1. The van der Waals surface area contributed by atoms with Gasteiger partial charge in [-0.25, -0.2) is 4.98 Å². The van der Waals surface area contributed by atoms with Gasteiger partial charge in [0.05, 0.1) is 4.88 Å². The maximum Gasteiger partial charge on any atom is 0.240 e. The zero-order valence-electron chi connectivity index (χ0n) is 12.1. The molecule has 1 fully saturated rings. The number of rotatable bonds is 4. The minimum absolute atomic E-state index is 0.0951. The van der Waals surface area contributed by atoms with Crippen molar-refractivity contribution in [2.24, 2.45) is 0 Å². The molecule has 1 aliphatic rings. The van der Waals surface area contributed by atoms with E-state index in [1.165, 1.54) is 25.7 Å². The van der Waals surface area contributed by atoms with Crippen LogP contribution in [0.1, 0.15) is 38.5 Å². The van der Waals surface area contributed by atoms with Crippen molar-refractivity contribution in [1.29, 1.82) is 0 Å². The standard InChI is InChI=1S/C16H21N3OS/c20-15(18-13-6-3-1-2-4-7-13)12-19-10-9-17-16(19)14-8-5-11-21-14/h5,8-11,13H,1-4,6-7,12H2,(H,18,20). The first-order chi connectivity index (χ1) is 10.3. The topological polar surface area (TPSA) is 46.9 Å². The van der Waals surface area contributed by atoms with Crippen LogP contribution in [0.2, 0.25) is 0 Å². The van der Waals surface area contributed by atoms with Crippen LogP contribution in [-0.2, 0) is 11.3 Å². The van der Waals surface area contributed by atoms with Crippen molar-refractivity contribution in [2.45, 2.75) is 51.1 Å². The lowest BCUT2D eigenvalue weighted by Crippen LogP contribution is -2.36. The Morgan fingerprint density at radius 3 is 2.86 bits per heavy atom. The number of carbonyl (C=O) groups excluding carboxylic acids is 1. The third kappa shape index (κ3) is 3.73. The molecule has 1 N–H and O–H groups in total. The maximum absolute atomic E-state index is 12.3. The first-order valence-corrected chi connectivity index (χ1v) is 8.55. The Labute approximate surface area is 129 Å². The lowest BCUT2D eigenvalue weighted by molar-refractivity contribution is -0.122. The third-order valence-corrected chi connectivity index (χ3v) is 4.86. The van der Waals surface area contributed by atoms with Crippen molar-refractivity contribution >= 4 is 17.2 Å². The summed E-state index contributed by atoms with van der Waals surface area (Å²) < 4.78 is 1.93. The number of aromatic nitrogens is 2. The van der Waals surface area contributed by atoms with E-state index in [0.717, 1.165) is 23.5 Å². The number of hydrogen-bond donors (Lipinski definition) is 1. The number of hydrogen-bond acceptors (Lipinski definition) is 3. The van der Waals surface area contributed by atoms with E-state index in [-0.39, 0.29) is 5.91 Å². The predicted octanol–water partition coefficient (Wildman–Crippen LogP) is 3.45. The largest absolute Gasteiger partial charge is 0.352 e. The second-order valence-corrected chi connectivity index (χ2v) is 6.56. The molecular weight excluding hydrogens is 282 g/mol. The van der Waals surface area contributed by atoms with Gasteiger partial charge < -0.3 is 9.88 Å². The summed E-state index contributed by atoms with van der Waals surface area (Å²) in [4.78, 5) is 17.7. The monoisotopic (exact) mass is 303 g/mol. The van der Waals surface area contributed by atoms with Crippen LogP contribution < -0.4 is 5.32 Å². The molecule has 0 bridgehead atoms. The molecule has 0 atom stereocenters. The fraction of sp³-hybridized carbons (Fsp3) is 0.500. The van der Waals surface area contributed by atoms with Gasteiger partial charge >= 0.3 is 0 Å². The third-order valence-electron chi connectivity index (χ3n) is 3.99. The molecule has 3 rings (SSSR count). The summed E-state index contributed by atoms with van der Waals surface area (Å²) in [5, 5.41) is 5.21. The summed E-state index contributed by atoms with van der Waals surface area (Å²) in [6.45, 7) is 0.351. The zero-order valence-corrected chi connectivity index (χ0v) is 12.9. The number of amides is 1. The molecule has 21 heavy (non-hydrogen) atoms. The molecule has 0 spiro atoms. The second kappa shape index (κ2) is 6.89. The molecule has 2 heterocycles.